The van der Waals surface area contributed by atoms with Crippen molar-refractivity contribution in [3.63, 3.8) is 0 Å². The highest BCUT2D eigenvalue weighted by Gasteiger charge is 2.03. The van der Waals surface area contributed by atoms with E-state index in [0.717, 1.165) is 11.3 Å². The van der Waals surface area contributed by atoms with Crippen LogP contribution in [0.25, 0.3) is 6.08 Å². The lowest BCUT2D eigenvalue weighted by Crippen LogP contribution is -2.16. The Morgan fingerprint density at radius 3 is 2.62 bits per heavy atom. The topological polar surface area (TPSA) is 62.7 Å². The van der Waals surface area contributed by atoms with Gasteiger partial charge in [-0.3, -0.25) is 4.98 Å². The number of nitrogens with zero attached hydrogens (tertiary/aromatic N) is 2. The number of H-pyrrole nitrogens is 1. The number of benzene rings is 2. The molecule has 1 aromatic heterocycles. The molecular weight excluding hydrogens is 324 g/mol. The Hall–Kier alpha value is -2.79. The molecule has 0 unspecified atom stereocenters. The molecule has 0 saturated carbocycles. The fraction of sp³-hybridized carbons (Fsp3) is 0.111. The summed E-state index contributed by atoms with van der Waals surface area (Å²) in [5, 5.41) is 8.15. The molecule has 2 aromatic carbocycles. The van der Waals surface area contributed by atoms with Gasteiger partial charge in [0.1, 0.15) is 5.82 Å². The second-order valence-electron chi connectivity index (χ2n) is 5.23. The van der Waals surface area contributed by atoms with E-state index in [1.807, 2.05) is 54.6 Å². The predicted molar refractivity (Wildman–Crippen MR) is 97.1 cm³/mol. The van der Waals surface area contributed by atoms with Gasteiger partial charge in [0.2, 0.25) is 0 Å². The van der Waals surface area contributed by atoms with Gasteiger partial charge in [-0.05, 0) is 29.8 Å². The monoisotopic (exact) mass is 340 g/mol. The smallest absolute Gasteiger partial charge is 0.343 e. The summed E-state index contributed by atoms with van der Waals surface area (Å²) < 4.78 is 1.40. The van der Waals surface area contributed by atoms with Gasteiger partial charge in [-0.15, -0.1) is 0 Å². The van der Waals surface area contributed by atoms with Gasteiger partial charge in [0.15, 0.2) is 0 Å². The van der Waals surface area contributed by atoms with E-state index in [2.05, 4.69) is 15.4 Å². The van der Waals surface area contributed by atoms with Crippen molar-refractivity contribution < 1.29 is 0 Å². The Labute approximate surface area is 144 Å². The first-order valence-electron chi connectivity index (χ1n) is 7.58. The molecule has 0 spiro atoms. The lowest BCUT2D eigenvalue weighted by Gasteiger charge is -2.03. The van der Waals surface area contributed by atoms with Crippen molar-refractivity contribution in [3.8, 4) is 0 Å². The Morgan fingerprint density at radius 1 is 1.12 bits per heavy atom. The van der Waals surface area contributed by atoms with Gasteiger partial charge in [0.05, 0.1) is 13.1 Å². The molecule has 0 bridgehead atoms. The average molecular weight is 341 g/mol. The van der Waals surface area contributed by atoms with Crippen LogP contribution in [-0.2, 0) is 13.1 Å². The van der Waals surface area contributed by atoms with Gasteiger partial charge in [-0.1, -0.05) is 54.1 Å². The summed E-state index contributed by atoms with van der Waals surface area (Å²) in [7, 11) is 0. The van der Waals surface area contributed by atoms with E-state index in [-0.39, 0.29) is 5.69 Å². The molecule has 2 N–H and O–H groups in total. The zero-order valence-electron chi connectivity index (χ0n) is 12.9. The van der Waals surface area contributed by atoms with Crippen LogP contribution in [0.2, 0.25) is 5.02 Å². The normalized spacial score (nSPS) is 11.0. The molecule has 0 atom stereocenters. The highest BCUT2D eigenvalue weighted by molar-refractivity contribution is 6.30. The summed E-state index contributed by atoms with van der Waals surface area (Å²) in [5.74, 6) is 0.586. The van der Waals surface area contributed by atoms with Crippen LogP contribution in [0.5, 0.6) is 0 Å². The molecule has 3 aromatic rings. The average Bonchev–Trinajstić information content (AvgIpc) is 2.95. The molecule has 0 aliphatic rings. The molecule has 0 fully saturated rings. The first-order valence-corrected chi connectivity index (χ1v) is 7.95. The largest absolute Gasteiger partial charge is 0.378 e. The van der Waals surface area contributed by atoms with E-state index >= 15 is 0 Å². The van der Waals surface area contributed by atoms with Crippen LogP contribution in [-0.4, -0.2) is 14.8 Å². The minimum atomic E-state index is -0.222. The predicted octanol–water partition coefficient (Wildman–Crippen LogP) is 3.55. The summed E-state index contributed by atoms with van der Waals surface area (Å²) in [6, 6.07) is 17.3. The Balaban J connectivity index is 1.59. The van der Waals surface area contributed by atoms with Crippen molar-refractivity contribution in [2.45, 2.75) is 13.1 Å². The van der Waals surface area contributed by atoms with E-state index in [0.29, 0.717) is 23.9 Å². The molecule has 0 aliphatic carbocycles. The van der Waals surface area contributed by atoms with Gasteiger partial charge >= 0.3 is 5.69 Å². The maximum absolute atomic E-state index is 11.9. The number of hydrogen-bond donors (Lipinski definition) is 2. The number of aromatic amines is 1. The number of halogens is 1. The van der Waals surface area contributed by atoms with Crippen LogP contribution >= 0.6 is 11.6 Å². The van der Waals surface area contributed by atoms with Crippen LogP contribution in [0.3, 0.4) is 0 Å². The van der Waals surface area contributed by atoms with Crippen molar-refractivity contribution in [1.82, 2.24) is 14.8 Å². The first kappa shape index (κ1) is 16.1. The van der Waals surface area contributed by atoms with E-state index in [1.54, 1.807) is 12.1 Å². The molecule has 1 heterocycles. The standard InChI is InChI=1S/C18H17ClN4O/c19-15-8-10-16(11-9-15)20-13-17-21-18(24)23(22-17)12-4-7-14-5-2-1-3-6-14/h1-11,20H,12-13H2,(H,21,22,24). The van der Waals surface area contributed by atoms with Gasteiger partial charge in [-0.2, -0.15) is 5.10 Å². The molecular formula is C18H17ClN4O. The van der Waals surface area contributed by atoms with Crippen LogP contribution in [0, 0.1) is 0 Å². The van der Waals surface area contributed by atoms with Gasteiger partial charge in [0, 0.05) is 10.7 Å². The molecule has 0 radical (unpaired) electrons. The van der Waals surface area contributed by atoms with Crippen LogP contribution in [0.15, 0.2) is 65.5 Å². The molecule has 122 valence electrons. The summed E-state index contributed by atoms with van der Waals surface area (Å²) in [5.41, 5.74) is 1.78. The first-order chi connectivity index (χ1) is 11.7. The van der Waals surface area contributed by atoms with Crippen LogP contribution in [0.4, 0.5) is 5.69 Å². The molecule has 3 rings (SSSR count). The fourth-order valence-corrected chi connectivity index (χ4v) is 2.34. The van der Waals surface area contributed by atoms with Crippen molar-refractivity contribution in [2.24, 2.45) is 0 Å². The van der Waals surface area contributed by atoms with Crippen LogP contribution < -0.4 is 11.0 Å². The molecule has 0 amide bonds. The van der Waals surface area contributed by atoms with Crippen molar-refractivity contribution in [1.29, 1.82) is 0 Å². The zero-order chi connectivity index (χ0) is 16.8. The highest BCUT2D eigenvalue weighted by Crippen LogP contribution is 2.13. The number of aromatic nitrogens is 3. The minimum absolute atomic E-state index is 0.222. The van der Waals surface area contributed by atoms with Crippen molar-refractivity contribution >= 4 is 23.4 Å². The second-order valence-corrected chi connectivity index (χ2v) is 5.67. The van der Waals surface area contributed by atoms with E-state index in [1.165, 1.54) is 4.68 Å². The zero-order valence-corrected chi connectivity index (χ0v) is 13.7. The second kappa shape index (κ2) is 7.66. The number of anilines is 1. The van der Waals surface area contributed by atoms with Gasteiger partial charge < -0.3 is 5.32 Å². The highest BCUT2D eigenvalue weighted by atomic mass is 35.5. The van der Waals surface area contributed by atoms with Crippen molar-refractivity contribution in [3.05, 3.63) is 87.6 Å². The van der Waals surface area contributed by atoms with Gasteiger partial charge in [-0.25, -0.2) is 9.48 Å². The summed E-state index contributed by atoms with van der Waals surface area (Å²) in [6.45, 7) is 0.859. The van der Waals surface area contributed by atoms with Crippen LogP contribution in [0.1, 0.15) is 11.4 Å². The third-order valence-electron chi connectivity index (χ3n) is 3.42. The molecule has 5 nitrogen and oxygen atoms in total. The van der Waals surface area contributed by atoms with E-state index in [9.17, 15) is 4.79 Å². The van der Waals surface area contributed by atoms with Crippen molar-refractivity contribution in [2.75, 3.05) is 5.32 Å². The van der Waals surface area contributed by atoms with E-state index < -0.39 is 0 Å². The summed E-state index contributed by atoms with van der Waals surface area (Å²) in [6.07, 6.45) is 3.88. The van der Waals surface area contributed by atoms with Gasteiger partial charge in [0.25, 0.3) is 0 Å². The Kier molecular flexibility index (Phi) is 5.13. The fourth-order valence-electron chi connectivity index (χ4n) is 2.21. The summed E-state index contributed by atoms with van der Waals surface area (Å²) in [4.78, 5) is 14.7. The quantitative estimate of drug-likeness (QED) is 0.721. The van der Waals surface area contributed by atoms with E-state index in [4.69, 9.17) is 11.6 Å². The molecule has 0 saturated heterocycles. The third-order valence-corrected chi connectivity index (χ3v) is 3.67. The summed E-state index contributed by atoms with van der Waals surface area (Å²) >= 11 is 5.85. The molecule has 6 heteroatoms. The lowest BCUT2D eigenvalue weighted by atomic mass is 10.2. The number of rotatable bonds is 6. The minimum Gasteiger partial charge on any atom is -0.378 e. The number of hydrogen-bond acceptors (Lipinski definition) is 3. The Morgan fingerprint density at radius 2 is 1.88 bits per heavy atom. The Bertz CT molecular complexity index is 866. The lowest BCUT2D eigenvalue weighted by molar-refractivity contribution is 0.665. The number of nitrogens with one attached hydrogen (secondary N) is 2. The maximum Gasteiger partial charge on any atom is 0.343 e. The SMILES string of the molecule is O=c1[nH]c(CNc2ccc(Cl)cc2)nn1CC=Cc1ccccc1. The molecule has 24 heavy (non-hydrogen) atoms. The maximum atomic E-state index is 11.9. The number of allylic oxidation sites excluding steroid dienone is 1. The third kappa shape index (κ3) is 4.36. The molecule has 0 aliphatic heterocycles.